The Balaban J connectivity index is 1.37. The summed E-state index contributed by atoms with van der Waals surface area (Å²) in [5.74, 6) is 0. The second-order valence-corrected chi connectivity index (χ2v) is 13.3. The fraction of sp³-hybridized carbons (Fsp3) is 0.500. The molecule has 0 spiro atoms. The van der Waals surface area contributed by atoms with Gasteiger partial charge >= 0.3 is 12.6 Å². The highest BCUT2D eigenvalue weighted by Crippen LogP contribution is 2.38. The molecule has 2 aromatic rings. The van der Waals surface area contributed by atoms with E-state index >= 15 is 0 Å². The molecule has 2 aliphatic rings. The Bertz CT molecular complexity index is 1190. The topological polar surface area (TPSA) is 88.1 Å². The maximum atomic E-state index is 13.2. The number of aliphatic hydroxyl groups is 1. The Kier molecular flexibility index (Phi) is 7.70. The number of β-amino-alcohol motifs (C(OH)–C–C–N with tert-alkyl or cyclic N) is 1. The summed E-state index contributed by atoms with van der Waals surface area (Å²) in [6.45, 7) is 7.84. The van der Waals surface area contributed by atoms with Gasteiger partial charge in [0, 0.05) is 23.7 Å². The maximum absolute atomic E-state index is 13.2. The van der Waals surface area contributed by atoms with E-state index in [1.807, 2.05) is 27.7 Å². The van der Waals surface area contributed by atoms with Crippen molar-refractivity contribution in [3.05, 3.63) is 48.5 Å². The Morgan fingerprint density at radius 2 is 1.59 bits per heavy atom. The van der Waals surface area contributed by atoms with Crippen molar-refractivity contribution in [2.24, 2.45) is 0 Å². The number of alkyl halides is 3. The predicted octanol–water partition coefficient (Wildman–Crippen LogP) is 3.83. The summed E-state index contributed by atoms with van der Waals surface area (Å²) in [6, 6.07) is 11.6. The molecule has 0 unspecified atom stereocenters. The molecule has 0 saturated carbocycles. The Morgan fingerprint density at radius 3 is 2.11 bits per heavy atom. The van der Waals surface area contributed by atoms with Crippen LogP contribution in [0.25, 0.3) is 0 Å². The van der Waals surface area contributed by atoms with E-state index in [1.54, 1.807) is 12.1 Å². The largest absolute Gasteiger partial charge is 0.494 e. The number of aliphatic hydroxyl groups excluding tert-OH is 1. The quantitative estimate of drug-likeness (QED) is 0.412. The minimum absolute atomic E-state index is 0.0593. The molecule has 202 valence electrons. The molecule has 4 rings (SSSR count). The molecule has 0 bridgehead atoms. The number of halogens is 3. The standard InChI is InChI=1S/C24H30BF3N2O5S2/c1-22(2)23(3,4)35-25(34-22)16-5-11-19(12-6-16)37(32,33)30-14-13-20(21(31)15-30)29-17-7-9-18(10-8-17)36-24(26,27)28/h5-12,20-21,29,31H,13-15H2,1-4H3/t20-,21+/m1/s1. The lowest BCUT2D eigenvalue weighted by Crippen LogP contribution is -2.51. The Labute approximate surface area is 219 Å². The number of thioether (sulfide) groups is 1. The summed E-state index contributed by atoms with van der Waals surface area (Å²) in [4.78, 5) is 0.160. The van der Waals surface area contributed by atoms with Gasteiger partial charge in [-0.25, -0.2) is 8.42 Å². The smallest absolute Gasteiger partial charge is 0.399 e. The third-order valence-corrected chi connectivity index (χ3v) is 9.65. The molecule has 2 fully saturated rings. The van der Waals surface area contributed by atoms with Gasteiger partial charge in [-0.2, -0.15) is 17.5 Å². The second-order valence-electron chi connectivity index (χ2n) is 10.2. The van der Waals surface area contributed by atoms with Crippen LogP contribution in [-0.4, -0.2) is 66.9 Å². The molecular weight excluding hydrogens is 528 g/mol. The van der Waals surface area contributed by atoms with Gasteiger partial charge in [0.25, 0.3) is 0 Å². The van der Waals surface area contributed by atoms with E-state index in [1.165, 1.54) is 40.7 Å². The van der Waals surface area contributed by atoms with Crippen LogP contribution in [0.2, 0.25) is 0 Å². The van der Waals surface area contributed by atoms with Gasteiger partial charge in [0.2, 0.25) is 10.0 Å². The van der Waals surface area contributed by atoms with Crippen LogP contribution < -0.4 is 10.8 Å². The number of rotatable bonds is 6. The second kappa shape index (κ2) is 10.1. The molecule has 2 heterocycles. The zero-order valence-corrected chi connectivity index (χ0v) is 22.6. The van der Waals surface area contributed by atoms with Crippen LogP contribution in [0.5, 0.6) is 0 Å². The first-order valence-electron chi connectivity index (χ1n) is 11.8. The lowest BCUT2D eigenvalue weighted by Gasteiger charge is -2.36. The first-order valence-corrected chi connectivity index (χ1v) is 14.1. The number of hydrogen-bond acceptors (Lipinski definition) is 7. The molecule has 7 nitrogen and oxygen atoms in total. The monoisotopic (exact) mass is 558 g/mol. The van der Waals surface area contributed by atoms with E-state index < -0.39 is 46.0 Å². The summed E-state index contributed by atoms with van der Waals surface area (Å²) >= 11 is -0.200. The van der Waals surface area contributed by atoms with Gasteiger partial charge in [0.1, 0.15) is 0 Å². The highest BCUT2D eigenvalue weighted by molar-refractivity contribution is 8.00. The molecule has 2 aromatic carbocycles. The first-order chi connectivity index (χ1) is 17.1. The van der Waals surface area contributed by atoms with E-state index in [9.17, 15) is 26.7 Å². The van der Waals surface area contributed by atoms with Crippen LogP contribution in [0.3, 0.4) is 0 Å². The van der Waals surface area contributed by atoms with Crippen LogP contribution in [0.4, 0.5) is 18.9 Å². The van der Waals surface area contributed by atoms with Gasteiger partial charge < -0.3 is 19.7 Å². The summed E-state index contributed by atoms with van der Waals surface area (Å²) in [5.41, 5.74) is -4.14. The maximum Gasteiger partial charge on any atom is 0.494 e. The lowest BCUT2D eigenvalue weighted by molar-refractivity contribution is -0.0328. The van der Waals surface area contributed by atoms with Gasteiger partial charge in [-0.3, -0.25) is 0 Å². The summed E-state index contributed by atoms with van der Waals surface area (Å²) in [6.07, 6.45) is -0.678. The molecule has 2 N–H and O–H groups in total. The lowest BCUT2D eigenvalue weighted by atomic mass is 9.79. The van der Waals surface area contributed by atoms with Crippen molar-refractivity contribution < 1.29 is 36.0 Å². The number of benzene rings is 2. The molecule has 0 aliphatic carbocycles. The van der Waals surface area contributed by atoms with Crippen molar-refractivity contribution >= 4 is 40.1 Å². The van der Waals surface area contributed by atoms with E-state index in [2.05, 4.69) is 5.32 Å². The van der Waals surface area contributed by atoms with E-state index in [0.717, 1.165) is 0 Å². The molecule has 0 amide bonds. The Morgan fingerprint density at radius 1 is 1.03 bits per heavy atom. The molecular formula is C24H30BF3N2O5S2. The zero-order chi connectivity index (χ0) is 27.2. The minimum Gasteiger partial charge on any atom is -0.399 e. The van der Waals surface area contributed by atoms with Crippen LogP contribution in [0.15, 0.2) is 58.3 Å². The van der Waals surface area contributed by atoms with Crippen molar-refractivity contribution in [1.29, 1.82) is 0 Å². The Hall–Kier alpha value is -1.77. The molecule has 2 aliphatic heterocycles. The minimum atomic E-state index is -4.37. The molecule has 0 radical (unpaired) electrons. The number of sulfonamides is 1. The SMILES string of the molecule is CC1(C)OB(c2ccc(S(=O)(=O)N3CC[C@@H](Nc4ccc(SC(F)(F)F)cc4)[C@@H](O)C3)cc2)OC1(C)C. The zero-order valence-electron chi connectivity index (χ0n) is 20.9. The molecule has 2 atom stereocenters. The van der Waals surface area contributed by atoms with E-state index in [-0.39, 0.29) is 34.6 Å². The summed E-state index contributed by atoms with van der Waals surface area (Å²) in [7, 11) is -4.45. The number of piperidine rings is 1. The summed E-state index contributed by atoms with van der Waals surface area (Å²) in [5, 5.41) is 13.7. The predicted molar refractivity (Wildman–Crippen MR) is 137 cm³/mol. The van der Waals surface area contributed by atoms with Crippen LogP contribution >= 0.6 is 11.8 Å². The fourth-order valence-corrected chi connectivity index (χ4v) is 6.19. The highest BCUT2D eigenvalue weighted by atomic mass is 32.2. The number of anilines is 1. The third-order valence-electron chi connectivity index (χ3n) is 7.03. The van der Waals surface area contributed by atoms with Crippen LogP contribution in [0, 0.1) is 0 Å². The highest BCUT2D eigenvalue weighted by Gasteiger charge is 2.51. The van der Waals surface area contributed by atoms with Gasteiger partial charge in [-0.1, -0.05) is 12.1 Å². The molecule has 13 heteroatoms. The third kappa shape index (κ3) is 6.28. The van der Waals surface area contributed by atoms with Crippen LogP contribution in [-0.2, 0) is 19.3 Å². The fourth-order valence-electron chi connectivity index (χ4n) is 4.18. The normalized spacial score (nSPS) is 24.3. The van der Waals surface area contributed by atoms with Crippen LogP contribution in [0.1, 0.15) is 34.1 Å². The number of nitrogens with zero attached hydrogens (tertiary/aromatic N) is 1. The van der Waals surface area contributed by atoms with Gasteiger partial charge in [0.15, 0.2) is 0 Å². The van der Waals surface area contributed by atoms with Crippen molar-refractivity contribution in [2.75, 3.05) is 18.4 Å². The van der Waals surface area contributed by atoms with Gasteiger partial charge in [0.05, 0.1) is 28.2 Å². The van der Waals surface area contributed by atoms with Crippen molar-refractivity contribution in [3.63, 3.8) is 0 Å². The van der Waals surface area contributed by atoms with E-state index in [4.69, 9.17) is 9.31 Å². The van der Waals surface area contributed by atoms with Gasteiger partial charge in [-0.15, -0.1) is 0 Å². The summed E-state index contributed by atoms with van der Waals surface area (Å²) < 4.78 is 77.3. The average Bonchev–Trinajstić information content (AvgIpc) is 3.02. The number of nitrogens with one attached hydrogen (secondary N) is 1. The van der Waals surface area contributed by atoms with E-state index in [0.29, 0.717) is 17.6 Å². The molecule has 2 saturated heterocycles. The van der Waals surface area contributed by atoms with Crippen molar-refractivity contribution in [3.8, 4) is 0 Å². The van der Waals surface area contributed by atoms with Crippen molar-refractivity contribution in [2.45, 2.75) is 72.8 Å². The van der Waals surface area contributed by atoms with Crippen molar-refractivity contribution in [1.82, 2.24) is 4.31 Å². The average molecular weight is 558 g/mol. The molecule has 37 heavy (non-hydrogen) atoms. The number of hydrogen-bond donors (Lipinski definition) is 2. The van der Waals surface area contributed by atoms with Gasteiger partial charge in [-0.05, 0) is 87.7 Å². The molecule has 0 aromatic heterocycles. The first kappa shape index (κ1) is 28.2.